The molecule has 0 spiro atoms. The van der Waals surface area contributed by atoms with Crippen LogP contribution in [0.2, 0.25) is 0 Å². The largest absolute Gasteiger partial charge is 0.462 e. The van der Waals surface area contributed by atoms with Gasteiger partial charge in [-0.15, -0.1) is 0 Å². The Hall–Kier alpha value is -4.22. The minimum atomic E-state index is -0.594. The molecule has 0 rings (SSSR count). The van der Waals surface area contributed by atoms with E-state index in [9.17, 15) is 9.59 Å². The maximum absolute atomic E-state index is 12.9. The van der Waals surface area contributed by atoms with Gasteiger partial charge in [0.25, 0.3) is 0 Å². The molecule has 0 fully saturated rings. The van der Waals surface area contributed by atoms with E-state index in [-0.39, 0.29) is 25.2 Å². The van der Waals surface area contributed by atoms with Gasteiger partial charge in [0.1, 0.15) is 6.61 Å². The van der Waals surface area contributed by atoms with Crippen molar-refractivity contribution in [3.8, 4) is 0 Å². The Kier molecular flexibility index (Phi) is 57.5. The summed E-state index contributed by atoms with van der Waals surface area (Å²) in [6.07, 6.45) is 88.8. The van der Waals surface area contributed by atoms with Gasteiger partial charge in [0.05, 0.1) is 6.61 Å². The third-order valence-corrected chi connectivity index (χ3v) is 11.8. The molecule has 0 heterocycles. The van der Waals surface area contributed by atoms with Gasteiger partial charge >= 0.3 is 11.9 Å². The number of allylic oxidation sites excluding steroid dienone is 24. The van der Waals surface area contributed by atoms with Crippen LogP contribution in [-0.4, -0.2) is 37.9 Å². The molecule has 406 valence electrons. The first kappa shape index (κ1) is 67.8. The summed E-state index contributed by atoms with van der Waals surface area (Å²) in [6.45, 7) is 7.45. The Labute approximate surface area is 444 Å². The van der Waals surface area contributed by atoms with Crippen molar-refractivity contribution in [1.29, 1.82) is 0 Å². The standard InChI is InChI=1S/C67H108O5/c1-4-7-10-13-16-19-22-25-28-31-33-35-38-41-44-47-50-53-56-59-62-70-63-65(72-67(69)61-58-55-52-49-46-43-40-36-30-27-24-21-18-15-12-9-6-3)64-71-66(68)60-57-54-51-48-45-42-39-37-34-32-29-26-23-20-17-14-11-8-5-2/h7,9-10,12,16-21,25-30,33,35,40-41,43-44,49,52,65H,4-6,8,11,13-15,22-24,31-32,34,36-39,42,45-48,50-51,53-64H2,1-3H3/b10-7-,12-9-,19-16-,20-17-,21-18-,28-25-,29-26-,30-27-,35-33-,43-40-,44-41-,52-49-. The van der Waals surface area contributed by atoms with Crippen LogP contribution in [0.15, 0.2) is 146 Å². The number of carbonyl (C=O) groups is 2. The van der Waals surface area contributed by atoms with Crippen LogP contribution in [0, 0.1) is 0 Å². The molecule has 0 saturated carbocycles. The zero-order valence-corrected chi connectivity index (χ0v) is 46.6. The van der Waals surface area contributed by atoms with Crippen molar-refractivity contribution < 1.29 is 23.8 Å². The molecular weight excluding hydrogens is 885 g/mol. The molecule has 1 unspecified atom stereocenters. The van der Waals surface area contributed by atoms with Crippen molar-refractivity contribution in [2.24, 2.45) is 0 Å². The lowest BCUT2D eigenvalue weighted by Gasteiger charge is -2.18. The number of ether oxygens (including phenoxy) is 3. The highest BCUT2D eigenvalue weighted by molar-refractivity contribution is 5.70. The molecule has 72 heavy (non-hydrogen) atoms. The Bertz CT molecular complexity index is 1540. The molecule has 0 aliphatic carbocycles. The SMILES string of the molecule is CC/C=C\C/C=C\C/C=C\C/C=C\C/C=C\CCCCCCOCC(COC(=O)CCCCCCCCCCC/C=C\C/C=C\CCCCC)OC(=O)CCC/C=C\C/C=C\C/C=C\C/C=C\C/C=C\CC. The molecule has 0 bridgehead atoms. The van der Waals surface area contributed by atoms with Crippen LogP contribution in [0.3, 0.4) is 0 Å². The van der Waals surface area contributed by atoms with Crippen LogP contribution in [0.5, 0.6) is 0 Å². The van der Waals surface area contributed by atoms with Crippen molar-refractivity contribution >= 4 is 11.9 Å². The second kappa shape index (κ2) is 61.1. The average Bonchev–Trinajstić information content (AvgIpc) is 3.38. The summed E-state index contributed by atoms with van der Waals surface area (Å²) in [4.78, 5) is 25.5. The van der Waals surface area contributed by atoms with E-state index in [1.54, 1.807) is 0 Å². The molecule has 0 aromatic carbocycles. The Morgan fingerprint density at radius 1 is 0.319 bits per heavy atom. The third-order valence-electron chi connectivity index (χ3n) is 11.8. The predicted molar refractivity (Wildman–Crippen MR) is 315 cm³/mol. The van der Waals surface area contributed by atoms with Gasteiger partial charge in [0, 0.05) is 19.4 Å². The molecular formula is C67H108O5. The summed E-state index contributed by atoms with van der Waals surface area (Å²) < 4.78 is 17.4. The molecule has 0 N–H and O–H groups in total. The van der Waals surface area contributed by atoms with Crippen LogP contribution in [0.1, 0.15) is 239 Å². The van der Waals surface area contributed by atoms with Crippen LogP contribution >= 0.6 is 0 Å². The number of esters is 2. The van der Waals surface area contributed by atoms with E-state index in [1.165, 1.54) is 70.6 Å². The molecule has 1 atom stereocenters. The van der Waals surface area contributed by atoms with Crippen molar-refractivity contribution in [1.82, 2.24) is 0 Å². The first-order valence-corrected chi connectivity index (χ1v) is 29.4. The molecule has 0 aromatic heterocycles. The number of rotatable bonds is 52. The molecule has 0 aliphatic heterocycles. The fourth-order valence-corrected chi connectivity index (χ4v) is 7.54. The fraction of sp³-hybridized carbons (Fsp3) is 0.612. The highest BCUT2D eigenvalue weighted by Gasteiger charge is 2.17. The summed E-state index contributed by atoms with van der Waals surface area (Å²) in [5, 5.41) is 0. The van der Waals surface area contributed by atoms with E-state index >= 15 is 0 Å². The Morgan fingerprint density at radius 3 is 1.04 bits per heavy atom. The van der Waals surface area contributed by atoms with Gasteiger partial charge in [-0.05, 0) is 135 Å². The second-order valence-corrected chi connectivity index (χ2v) is 18.8. The molecule has 0 aliphatic rings. The third kappa shape index (κ3) is 58.4. The van der Waals surface area contributed by atoms with Gasteiger partial charge in [-0.25, -0.2) is 0 Å². The normalized spacial score (nSPS) is 13.3. The van der Waals surface area contributed by atoms with E-state index in [4.69, 9.17) is 14.2 Å². The summed E-state index contributed by atoms with van der Waals surface area (Å²) in [5.41, 5.74) is 0. The molecule has 0 radical (unpaired) electrons. The lowest BCUT2D eigenvalue weighted by molar-refractivity contribution is -0.162. The Morgan fingerprint density at radius 2 is 0.639 bits per heavy atom. The fourth-order valence-electron chi connectivity index (χ4n) is 7.54. The van der Waals surface area contributed by atoms with Crippen molar-refractivity contribution in [3.63, 3.8) is 0 Å². The van der Waals surface area contributed by atoms with Crippen LogP contribution < -0.4 is 0 Å². The van der Waals surface area contributed by atoms with Crippen molar-refractivity contribution in [2.45, 2.75) is 245 Å². The van der Waals surface area contributed by atoms with Gasteiger partial charge in [0.2, 0.25) is 0 Å². The highest BCUT2D eigenvalue weighted by atomic mass is 16.6. The zero-order chi connectivity index (χ0) is 52.0. The van der Waals surface area contributed by atoms with Gasteiger partial charge < -0.3 is 14.2 Å². The zero-order valence-electron chi connectivity index (χ0n) is 46.6. The number of carbonyl (C=O) groups excluding carboxylic acids is 2. The van der Waals surface area contributed by atoms with E-state index in [2.05, 4.69) is 167 Å². The highest BCUT2D eigenvalue weighted by Crippen LogP contribution is 2.13. The van der Waals surface area contributed by atoms with Crippen molar-refractivity contribution in [3.05, 3.63) is 146 Å². The molecule has 5 nitrogen and oxygen atoms in total. The van der Waals surface area contributed by atoms with E-state index < -0.39 is 6.10 Å². The number of hydrogen-bond acceptors (Lipinski definition) is 5. The predicted octanol–water partition coefficient (Wildman–Crippen LogP) is 20.5. The van der Waals surface area contributed by atoms with Gasteiger partial charge in [-0.1, -0.05) is 237 Å². The van der Waals surface area contributed by atoms with E-state index in [1.807, 2.05) is 0 Å². The number of hydrogen-bond donors (Lipinski definition) is 0. The second-order valence-electron chi connectivity index (χ2n) is 18.8. The quantitative estimate of drug-likeness (QED) is 0.0345. The van der Waals surface area contributed by atoms with Gasteiger partial charge in [0.15, 0.2) is 6.10 Å². The molecule has 5 heteroatoms. The monoisotopic (exact) mass is 993 g/mol. The minimum absolute atomic E-state index is 0.0402. The topological polar surface area (TPSA) is 61.8 Å². The average molecular weight is 994 g/mol. The summed E-state index contributed by atoms with van der Waals surface area (Å²) in [6, 6.07) is 0. The lowest BCUT2D eigenvalue weighted by Crippen LogP contribution is -2.30. The Balaban J connectivity index is 4.45. The minimum Gasteiger partial charge on any atom is -0.462 e. The first-order chi connectivity index (χ1) is 35.6. The first-order valence-electron chi connectivity index (χ1n) is 29.4. The maximum Gasteiger partial charge on any atom is 0.306 e. The molecule has 0 saturated heterocycles. The maximum atomic E-state index is 12.9. The van der Waals surface area contributed by atoms with Gasteiger partial charge in [-0.3, -0.25) is 9.59 Å². The van der Waals surface area contributed by atoms with Gasteiger partial charge in [-0.2, -0.15) is 0 Å². The summed E-state index contributed by atoms with van der Waals surface area (Å²) in [7, 11) is 0. The van der Waals surface area contributed by atoms with Crippen LogP contribution in [0.25, 0.3) is 0 Å². The van der Waals surface area contributed by atoms with Crippen molar-refractivity contribution in [2.75, 3.05) is 19.8 Å². The summed E-state index contributed by atoms with van der Waals surface area (Å²) >= 11 is 0. The summed E-state index contributed by atoms with van der Waals surface area (Å²) in [5.74, 6) is -0.491. The van der Waals surface area contributed by atoms with Crippen LogP contribution in [-0.2, 0) is 23.8 Å². The lowest BCUT2D eigenvalue weighted by atomic mass is 10.1. The smallest absolute Gasteiger partial charge is 0.306 e. The molecule has 0 amide bonds. The van der Waals surface area contributed by atoms with E-state index in [0.29, 0.717) is 25.9 Å². The van der Waals surface area contributed by atoms with Crippen LogP contribution in [0.4, 0.5) is 0 Å². The van der Waals surface area contributed by atoms with E-state index in [0.717, 1.165) is 128 Å². The molecule has 0 aromatic rings. The number of unbranched alkanes of at least 4 members (excludes halogenated alkanes) is 17.